The Kier molecular flexibility index (Phi) is 8.70. The molecule has 148 valence electrons. The van der Waals surface area contributed by atoms with Crippen molar-refractivity contribution in [2.24, 2.45) is 0 Å². The highest BCUT2D eigenvalue weighted by Crippen LogP contribution is 2.30. The Morgan fingerprint density at radius 2 is 1.63 bits per heavy atom. The van der Waals surface area contributed by atoms with Gasteiger partial charge in [0.05, 0.1) is 0 Å². The molecule has 0 fully saturated rings. The number of hydrogen-bond acceptors (Lipinski definition) is 1. The molecule has 1 atom stereocenters. The van der Waals surface area contributed by atoms with Gasteiger partial charge in [-0.25, -0.2) is 13.6 Å². The molecule has 0 radical (unpaired) electrons. The van der Waals surface area contributed by atoms with E-state index in [-0.39, 0.29) is 5.92 Å². The summed E-state index contributed by atoms with van der Waals surface area (Å²) in [4.78, 5) is 10.9. The molecular weight excluding hydrogens is 346 g/mol. The van der Waals surface area contributed by atoms with Gasteiger partial charge in [0.1, 0.15) is 17.2 Å². The van der Waals surface area contributed by atoms with Gasteiger partial charge in [-0.05, 0) is 37.0 Å². The highest BCUT2D eigenvalue weighted by Gasteiger charge is 2.20. The average molecular weight is 376 g/mol. The number of rotatable bonds is 11. The zero-order valence-electron chi connectivity index (χ0n) is 16.1. The molecule has 1 aromatic carbocycles. The lowest BCUT2D eigenvalue weighted by Gasteiger charge is -2.17. The SMILES string of the molecule is CCCCCCCCCCC1=CCC(c2cc(F)c(C(=O)O)c(F)c2)C=C1. The maximum absolute atomic E-state index is 13.9. The molecule has 0 heterocycles. The Balaban J connectivity index is 1.77. The minimum atomic E-state index is -1.58. The van der Waals surface area contributed by atoms with Crippen LogP contribution in [-0.2, 0) is 0 Å². The lowest BCUT2D eigenvalue weighted by molar-refractivity contribution is 0.0686. The van der Waals surface area contributed by atoms with E-state index in [1.165, 1.54) is 56.9 Å². The summed E-state index contributed by atoms with van der Waals surface area (Å²) in [6.45, 7) is 2.23. The molecule has 0 aromatic heterocycles. The van der Waals surface area contributed by atoms with Crippen molar-refractivity contribution in [3.05, 3.63) is 58.7 Å². The van der Waals surface area contributed by atoms with Gasteiger partial charge in [0.25, 0.3) is 0 Å². The molecule has 1 aliphatic rings. The van der Waals surface area contributed by atoms with E-state index >= 15 is 0 Å². The maximum atomic E-state index is 13.9. The summed E-state index contributed by atoms with van der Waals surface area (Å²) in [6, 6.07) is 2.28. The van der Waals surface area contributed by atoms with E-state index in [0.29, 0.717) is 12.0 Å². The van der Waals surface area contributed by atoms with Crippen LogP contribution in [0.15, 0.2) is 35.9 Å². The van der Waals surface area contributed by atoms with Crippen molar-refractivity contribution < 1.29 is 18.7 Å². The molecule has 0 spiro atoms. The highest BCUT2D eigenvalue weighted by atomic mass is 19.1. The smallest absolute Gasteiger partial charge is 0.341 e. The number of unbranched alkanes of at least 4 members (excludes halogenated alkanes) is 7. The normalized spacial score (nSPS) is 16.4. The van der Waals surface area contributed by atoms with Crippen LogP contribution in [0.3, 0.4) is 0 Å². The van der Waals surface area contributed by atoms with Crippen molar-refractivity contribution in [2.75, 3.05) is 0 Å². The number of carboxylic acids is 1. The van der Waals surface area contributed by atoms with Gasteiger partial charge < -0.3 is 5.11 Å². The standard InChI is InChI=1S/C23H30F2O2/c1-2-3-4-5-6-7-8-9-10-17-11-13-18(14-12-17)19-15-20(24)22(23(26)27)21(25)16-19/h11-13,15-16,18H,2-10,14H2,1H3,(H,26,27). The predicted octanol–water partition coefficient (Wildman–Crippen LogP) is 7.16. The first-order valence-electron chi connectivity index (χ1n) is 10.1. The van der Waals surface area contributed by atoms with Crippen molar-refractivity contribution in [3.63, 3.8) is 0 Å². The highest BCUT2D eigenvalue weighted by molar-refractivity contribution is 5.88. The van der Waals surface area contributed by atoms with Gasteiger partial charge in [0, 0.05) is 5.92 Å². The number of aromatic carboxylic acids is 1. The third-order valence-corrected chi connectivity index (χ3v) is 5.20. The van der Waals surface area contributed by atoms with Crippen molar-refractivity contribution in [2.45, 2.75) is 77.0 Å². The van der Waals surface area contributed by atoms with Crippen LogP contribution < -0.4 is 0 Å². The van der Waals surface area contributed by atoms with Crippen molar-refractivity contribution in [3.8, 4) is 0 Å². The third kappa shape index (κ3) is 6.60. The second-order valence-electron chi connectivity index (χ2n) is 7.37. The van der Waals surface area contributed by atoms with Gasteiger partial charge in [-0.1, -0.05) is 75.7 Å². The van der Waals surface area contributed by atoms with Crippen molar-refractivity contribution in [1.29, 1.82) is 0 Å². The van der Waals surface area contributed by atoms with Gasteiger partial charge in [0.15, 0.2) is 0 Å². The Labute approximate surface area is 161 Å². The number of hydrogen-bond donors (Lipinski definition) is 1. The van der Waals surface area contributed by atoms with Crippen LogP contribution in [0.1, 0.15) is 93.0 Å². The first kappa shape index (κ1) is 21.3. The second kappa shape index (κ2) is 11.0. The Morgan fingerprint density at radius 1 is 1.04 bits per heavy atom. The van der Waals surface area contributed by atoms with Crippen molar-refractivity contribution >= 4 is 5.97 Å². The van der Waals surface area contributed by atoms with Gasteiger partial charge >= 0.3 is 5.97 Å². The Morgan fingerprint density at radius 3 is 2.15 bits per heavy atom. The number of allylic oxidation sites excluding steroid dienone is 4. The van der Waals surface area contributed by atoms with Crippen LogP contribution in [-0.4, -0.2) is 11.1 Å². The maximum Gasteiger partial charge on any atom is 0.341 e. The topological polar surface area (TPSA) is 37.3 Å². The molecule has 0 saturated heterocycles. The summed E-state index contributed by atoms with van der Waals surface area (Å²) in [7, 11) is 0. The molecule has 1 aliphatic carbocycles. The summed E-state index contributed by atoms with van der Waals surface area (Å²) < 4.78 is 27.7. The summed E-state index contributed by atoms with van der Waals surface area (Å²) in [5.41, 5.74) is 0.874. The van der Waals surface area contributed by atoms with E-state index in [9.17, 15) is 13.6 Å². The first-order chi connectivity index (χ1) is 13.0. The van der Waals surface area contributed by atoms with E-state index in [4.69, 9.17) is 5.11 Å². The fraction of sp³-hybridized carbons (Fsp3) is 0.522. The van der Waals surface area contributed by atoms with Gasteiger partial charge in [-0.15, -0.1) is 0 Å². The molecule has 2 nitrogen and oxygen atoms in total. The fourth-order valence-corrected chi connectivity index (χ4v) is 3.57. The zero-order chi connectivity index (χ0) is 19.6. The molecule has 0 aliphatic heterocycles. The van der Waals surface area contributed by atoms with Gasteiger partial charge in [-0.2, -0.15) is 0 Å². The summed E-state index contributed by atoms with van der Waals surface area (Å²) in [5, 5.41) is 8.85. The summed E-state index contributed by atoms with van der Waals surface area (Å²) in [5.74, 6) is -3.72. The molecule has 1 unspecified atom stereocenters. The number of carbonyl (C=O) groups is 1. The zero-order valence-corrected chi connectivity index (χ0v) is 16.1. The molecule has 1 N–H and O–H groups in total. The quantitative estimate of drug-likeness (QED) is 0.416. The number of benzene rings is 1. The predicted molar refractivity (Wildman–Crippen MR) is 105 cm³/mol. The molecule has 0 amide bonds. The van der Waals surface area contributed by atoms with E-state index in [1.54, 1.807) is 0 Å². The van der Waals surface area contributed by atoms with E-state index in [1.807, 2.05) is 12.2 Å². The summed E-state index contributed by atoms with van der Waals surface area (Å²) in [6.07, 6.45) is 18.2. The summed E-state index contributed by atoms with van der Waals surface area (Å²) >= 11 is 0. The van der Waals surface area contributed by atoms with E-state index in [0.717, 1.165) is 18.6 Å². The Bertz CT molecular complexity index is 669. The van der Waals surface area contributed by atoms with Crippen LogP contribution in [0.4, 0.5) is 8.78 Å². The van der Waals surface area contributed by atoms with Crippen LogP contribution in [0.2, 0.25) is 0 Å². The molecule has 4 heteroatoms. The lowest BCUT2D eigenvalue weighted by atomic mass is 9.88. The molecule has 2 rings (SSSR count). The fourth-order valence-electron chi connectivity index (χ4n) is 3.57. The minimum absolute atomic E-state index is 0.112. The minimum Gasteiger partial charge on any atom is -0.477 e. The second-order valence-corrected chi connectivity index (χ2v) is 7.37. The number of carboxylic acid groups (broad SMARTS) is 1. The van der Waals surface area contributed by atoms with E-state index < -0.39 is 23.2 Å². The Hall–Kier alpha value is -1.97. The monoisotopic (exact) mass is 376 g/mol. The van der Waals surface area contributed by atoms with Gasteiger partial charge in [-0.3, -0.25) is 0 Å². The lowest BCUT2D eigenvalue weighted by Crippen LogP contribution is -2.08. The van der Waals surface area contributed by atoms with E-state index in [2.05, 4.69) is 13.0 Å². The largest absolute Gasteiger partial charge is 0.477 e. The molecule has 0 saturated carbocycles. The van der Waals surface area contributed by atoms with Crippen LogP contribution in [0.5, 0.6) is 0 Å². The average Bonchev–Trinajstić information content (AvgIpc) is 2.63. The van der Waals surface area contributed by atoms with Crippen LogP contribution in [0, 0.1) is 11.6 Å². The van der Waals surface area contributed by atoms with Crippen molar-refractivity contribution in [1.82, 2.24) is 0 Å². The van der Waals surface area contributed by atoms with Crippen LogP contribution >= 0.6 is 0 Å². The molecular formula is C23H30F2O2. The number of halogens is 2. The van der Waals surface area contributed by atoms with Gasteiger partial charge in [0.2, 0.25) is 0 Å². The van der Waals surface area contributed by atoms with Crippen LogP contribution in [0.25, 0.3) is 0 Å². The molecule has 0 bridgehead atoms. The first-order valence-corrected chi connectivity index (χ1v) is 10.1. The third-order valence-electron chi connectivity index (χ3n) is 5.20. The molecule has 1 aromatic rings. The molecule has 27 heavy (non-hydrogen) atoms.